The lowest BCUT2D eigenvalue weighted by Gasteiger charge is -2.02. The summed E-state index contributed by atoms with van der Waals surface area (Å²) in [5.41, 5.74) is -2.66. The summed E-state index contributed by atoms with van der Waals surface area (Å²) in [7, 11) is -2.38. The van der Waals surface area contributed by atoms with Gasteiger partial charge >= 0.3 is 7.12 Å². The minimum atomic E-state index is -2.98. The van der Waals surface area contributed by atoms with Gasteiger partial charge in [-0.15, -0.1) is 0 Å². The van der Waals surface area contributed by atoms with Gasteiger partial charge in [0.2, 0.25) is 0 Å². The van der Waals surface area contributed by atoms with Gasteiger partial charge in [0.25, 0.3) is 0 Å². The molecule has 0 atom stereocenters. The van der Waals surface area contributed by atoms with E-state index in [4.69, 9.17) is 22.4 Å². The molecular weight excluding hydrogens is 139 g/mol. The van der Waals surface area contributed by atoms with E-state index >= 15 is 0 Å². The fourth-order valence-electron chi connectivity index (χ4n) is 0.617. The van der Waals surface area contributed by atoms with Crippen LogP contribution in [-0.4, -0.2) is 17.2 Å². The highest BCUT2D eigenvalue weighted by Crippen LogP contribution is 1.99. The summed E-state index contributed by atoms with van der Waals surface area (Å²) in [5.74, 6) is 0. The van der Waals surface area contributed by atoms with Crippen LogP contribution in [0.15, 0.2) is 18.1 Å². The van der Waals surface area contributed by atoms with Gasteiger partial charge in [0.05, 0.1) is 4.11 Å². The van der Waals surface area contributed by atoms with Crippen LogP contribution in [0.4, 0.5) is 0 Å². The summed E-state index contributed by atoms with van der Waals surface area (Å²) in [4.78, 5) is 0. The molecule has 0 aliphatic carbocycles. The van der Waals surface area contributed by atoms with Gasteiger partial charge in [-0.3, -0.25) is 0 Å². The van der Waals surface area contributed by atoms with Gasteiger partial charge in [0.1, 0.15) is 0 Å². The maximum absolute atomic E-state index is 9.14. The Morgan fingerprint density at radius 2 is 1.82 bits per heavy atom. The molecule has 0 amide bonds. The zero-order chi connectivity index (χ0) is 16.0. The molecule has 0 heterocycles. The SMILES string of the molecule is [2H]c1c(B(O)O)c([2H])c(C([2H])([2H])[2H])c([2H])c1C([2H])([2H])[2H]. The predicted octanol–water partition coefficient (Wildman–Crippen LogP) is -0.0168. The molecule has 0 saturated carbocycles. The van der Waals surface area contributed by atoms with Crippen molar-refractivity contribution in [3.8, 4) is 0 Å². The van der Waals surface area contributed by atoms with Gasteiger partial charge in [-0.25, -0.2) is 0 Å². The van der Waals surface area contributed by atoms with Crippen molar-refractivity contribution in [1.29, 1.82) is 0 Å². The highest BCUT2D eigenvalue weighted by molar-refractivity contribution is 6.58. The average Bonchev–Trinajstić information content (AvgIpc) is 2.09. The average molecular weight is 159 g/mol. The van der Waals surface area contributed by atoms with Gasteiger partial charge in [0, 0.05) is 8.22 Å². The minimum Gasteiger partial charge on any atom is -0.423 e. The van der Waals surface area contributed by atoms with E-state index < -0.39 is 55.5 Å². The van der Waals surface area contributed by atoms with Gasteiger partial charge in [-0.05, 0) is 19.2 Å². The largest absolute Gasteiger partial charge is 0.488 e. The Morgan fingerprint density at radius 3 is 2.18 bits per heavy atom. The smallest absolute Gasteiger partial charge is 0.423 e. The van der Waals surface area contributed by atoms with E-state index in [-0.39, 0.29) is 0 Å². The fourth-order valence-corrected chi connectivity index (χ4v) is 0.617. The van der Waals surface area contributed by atoms with Crippen LogP contribution in [0.25, 0.3) is 0 Å². The molecule has 2 nitrogen and oxygen atoms in total. The first-order chi connectivity index (χ1) is 8.80. The standard InChI is InChI=1S/C8H11BO2/c1-6-3-7(2)5-8(4-6)9(10)11/h3-5,10-11H,1-2H3/i1D3,2D3,3D,4D,5D. The van der Waals surface area contributed by atoms with E-state index in [0.29, 0.717) is 0 Å². The normalized spacial score (nSPS) is 24.0. The van der Waals surface area contributed by atoms with Crippen LogP contribution < -0.4 is 5.46 Å². The summed E-state index contributed by atoms with van der Waals surface area (Å²) >= 11 is 0. The maximum atomic E-state index is 9.14. The monoisotopic (exact) mass is 159 g/mol. The maximum Gasteiger partial charge on any atom is 0.488 e. The third-order valence-electron chi connectivity index (χ3n) is 1.03. The van der Waals surface area contributed by atoms with Crippen LogP contribution in [0.3, 0.4) is 0 Å². The van der Waals surface area contributed by atoms with E-state index in [1.807, 2.05) is 0 Å². The molecule has 0 aliphatic rings. The van der Waals surface area contributed by atoms with E-state index in [1.54, 1.807) is 0 Å². The Labute approximate surface area is 79.3 Å². The highest BCUT2D eigenvalue weighted by Gasteiger charge is 2.10. The zero-order valence-electron chi connectivity index (χ0n) is 14.5. The van der Waals surface area contributed by atoms with E-state index in [0.717, 1.165) is 0 Å². The van der Waals surface area contributed by atoms with Crippen LogP contribution in [0.1, 0.15) is 23.5 Å². The lowest BCUT2D eigenvalue weighted by atomic mass is 9.79. The molecule has 1 aromatic carbocycles. The lowest BCUT2D eigenvalue weighted by Crippen LogP contribution is -2.30. The van der Waals surface area contributed by atoms with Crippen LogP contribution in [0, 0.1) is 13.7 Å². The molecule has 0 unspecified atom stereocenters. The van der Waals surface area contributed by atoms with E-state index in [9.17, 15) is 0 Å². The molecule has 0 fully saturated rings. The predicted molar refractivity (Wildman–Crippen MR) is 45.7 cm³/mol. The number of rotatable bonds is 1. The van der Waals surface area contributed by atoms with Crippen molar-refractivity contribution < 1.29 is 22.4 Å². The number of hydrogen-bond donors (Lipinski definition) is 2. The summed E-state index contributed by atoms with van der Waals surface area (Å²) in [5, 5.41) is 18.3. The Morgan fingerprint density at radius 1 is 1.27 bits per heavy atom. The number of hydrogen-bond acceptors (Lipinski definition) is 2. The summed E-state index contributed by atoms with van der Waals surface area (Å²) in [6.45, 7) is -5.96. The van der Waals surface area contributed by atoms with Crippen molar-refractivity contribution in [3.05, 3.63) is 29.3 Å². The molecule has 1 aromatic rings. The molecule has 0 aliphatic heterocycles. The molecule has 3 heteroatoms. The second-order valence-electron chi connectivity index (χ2n) is 1.91. The molecule has 1 rings (SSSR count). The van der Waals surface area contributed by atoms with Crippen LogP contribution >= 0.6 is 0 Å². The molecule has 0 bridgehead atoms. The molecule has 2 N–H and O–H groups in total. The van der Waals surface area contributed by atoms with Crippen molar-refractivity contribution in [3.63, 3.8) is 0 Å². The molecule has 0 saturated heterocycles. The van der Waals surface area contributed by atoms with Gasteiger partial charge < -0.3 is 10.0 Å². The van der Waals surface area contributed by atoms with Crippen molar-refractivity contribution in [2.45, 2.75) is 13.7 Å². The quantitative estimate of drug-likeness (QED) is 0.565. The molecular formula is C8H11BO2. The molecule has 0 spiro atoms. The first kappa shape index (κ1) is 2.34. The second-order valence-corrected chi connectivity index (χ2v) is 1.91. The second kappa shape index (κ2) is 3.07. The minimum absolute atomic E-state index is 0.835. The molecule has 0 radical (unpaired) electrons. The Bertz CT molecular complexity index is 493. The molecule has 11 heavy (non-hydrogen) atoms. The van der Waals surface area contributed by atoms with Gasteiger partial charge in [-0.2, -0.15) is 0 Å². The highest BCUT2D eigenvalue weighted by atomic mass is 16.4. The lowest BCUT2D eigenvalue weighted by molar-refractivity contribution is 0.425. The summed E-state index contributed by atoms with van der Waals surface area (Å²) < 4.78 is 66.4. The molecule has 58 valence electrons. The van der Waals surface area contributed by atoms with Crippen molar-refractivity contribution >= 4 is 12.6 Å². The van der Waals surface area contributed by atoms with Gasteiger partial charge in [0.15, 0.2) is 0 Å². The first-order valence-electron chi connectivity index (χ1n) is 7.31. The van der Waals surface area contributed by atoms with Crippen molar-refractivity contribution in [2.75, 3.05) is 0 Å². The van der Waals surface area contributed by atoms with Crippen LogP contribution in [0.5, 0.6) is 0 Å². The Kier molecular flexibility index (Phi) is 0.655. The van der Waals surface area contributed by atoms with Crippen LogP contribution in [-0.2, 0) is 0 Å². The summed E-state index contributed by atoms with van der Waals surface area (Å²) in [6.07, 6.45) is 0. The topological polar surface area (TPSA) is 40.5 Å². The van der Waals surface area contributed by atoms with Gasteiger partial charge in [-0.1, -0.05) is 29.3 Å². The third kappa shape index (κ3) is 2.07. The number of benzene rings is 1. The zero-order valence-corrected chi connectivity index (χ0v) is 5.47. The van der Waals surface area contributed by atoms with E-state index in [2.05, 4.69) is 0 Å². The first-order valence-corrected chi connectivity index (χ1v) is 2.81. The van der Waals surface area contributed by atoms with Crippen molar-refractivity contribution in [2.24, 2.45) is 0 Å². The summed E-state index contributed by atoms with van der Waals surface area (Å²) in [6, 6.07) is -2.82. The Hall–Kier alpha value is -0.795. The Balaban J connectivity index is 3.95. The fraction of sp³-hybridized carbons (Fsp3) is 0.250. The van der Waals surface area contributed by atoms with Crippen molar-refractivity contribution in [1.82, 2.24) is 0 Å². The van der Waals surface area contributed by atoms with E-state index in [1.165, 1.54) is 0 Å². The third-order valence-corrected chi connectivity index (χ3v) is 1.03. The molecule has 0 aromatic heterocycles. The van der Waals surface area contributed by atoms with Crippen LogP contribution in [0.2, 0.25) is 0 Å².